The summed E-state index contributed by atoms with van der Waals surface area (Å²) in [6.07, 6.45) is 1.27. The first-order valence-corrected chi connectivity index (χ1v) is 7.93. The molecule has 2 N–H and O–H groups in total. The lowest BCUT2D eigenvalue weighted by molar-refractivity contribution is 0.0867. The van der Waals surface area contributed by atoms with Crippen LogP contribution in [0.1, 0.15) is 38.1 Å². The van der Waals surface area contributed by atoms with Crippen LogP contribution in [0.3, 0.4) is 0 Å². The third-order valence-corrected chi connectivity index (χ3v) is 5.44. The Bertz CT molecular complexity index is 391. The Morgan fingerprint density at radius 3 is 2.61 bits per heavy atom. The molecule has 0 aromatic carbocycles. The second kappa shape index (κ2) is 5.91. The maximum atomic E-state index is 6.21. The third-order valence-electron chi connectivity index (χ3n) is 4.14. The molecule has 1 aromatic rings. The highest BCUT2D eigenvalue weighted by atomic mass is 35.5. The number of halogens is 1. The van der Waals surface area contributed by atoms with Gasteiger partial charge in [-0.2, -0.15) is 0 Å². The summed E-state index contributed by atoms with van der Waals surface area (Å²) in [4.78, 5) is 3.84. The monoisotopic (exact) mass is 286 g/mol. The summed E-state index contributed by atoms with van der Waals surface area (Å²) in [7, 11) is 0. The normalized spacial score (nSPS) is 29.2. The zero-order valence-corrected chi connectivity index (χ0v) is 13.0. The maximum absolute atomic E-state index is 6.21. The van der Waals surface area contributed by atoms with Crippen LogP contribution in [0.5, 0.6) is 0 Å². The van der Waals surface area contributed by atoms with E-state index in [1.54, 1.807) is 11.3 Å². The first kappa shape index (κ1) is 14.3. The summed E-state index contributed by atoms with van der Waals surface area (Å²) in [5, 5.41) is 0. The van der Waals surface area contributed by atoms with Gasteiger partial charge in [0.1, 0.15) is 0 Å². The molecule has 0 saturated carbocycles. The van der Waals surface area contributed by atoms with Gasteiger partial charge in [-0.15, -0.1) is 11.3 Å². The van der Waals surface area contributed by atoms with E-state index >= 15 is 0 Å². The van der Waals surface area contributed by atoms with Crippen molar-refractivity contribution in [3.63, 3.8) is 0 Å². The van der Waals surface area contributed by atoms with Gasteiger partial charge >= 0.3 is 0 Å². The predicted octanol–water partition coefficient (Wildman–Crippen LogP) is 3.77. The molecule has 0 aliphatic carbocycles. The molecule has 0 radical (unpaired) electrons. The largest absolute Gasteiger partial charge is 0.326 e. The van der Waals surface area contributed by atoms with E-state index in [0.29, 0.717) is 6.04 Å². The average molecular weight is 287 g/mol. The van der Waals surface area contributed by atoms with Crippen molar-refractivity contribution < 1.29 is 0 Å². The summed E-state index contributed by atoms with van der Waals surface area (Å²) in [5.41, 5.74) is 6.21. The van der Waals surface area contributed by atoms with Crippen molar-refractivity contribution in [3.8, 4) is 0 Å². The SMILES string of the molecule is CC(N)C(c1ccc(Cl)s1)N1CCC(C)C(C)C1. The first-order chi connectivity index (χ1) is 8.49. The van der Waals surface area contributed by atoms with E-state index in [1.165, 1.54) is 11.3 Å². The standard InChI is InChI=1S/C14H23ClN2S/c1-9-6-7-17(8-10(9)2)14(11(3)16)12-4-5-13(15)18-12/h4-5,9-11,14H,6-8,16H2,1-3H3. The number of thiophene rings is 1. The molecule has 2 nitrogen and oxygen atoms in total. The van der Waals surface area contributed by atoms with Gasteiger partial charge in [0.15, 0.2) is 0 Å². The zero-order valence-electron chi connectivity index (χ0n) is 11.4. The number of rotatable bonds is 3. The van der Waals surface area contributed by atoms with Crippen LogP contribution >= 0.6 is 22.9 Å². The minimum absolute atomic E-state index is 0.139. The van der Waals surface area contributed by atoms with E-state index in [-0.39, 0.29) is 6.04 Å². The van der Waals surface area contributed by atoms with Crippen molar-refractivity contribution in [2.24, 2.45) is 17.6 Å². The highest BCUT2D eigenvalue weighted by Gasteiger charge is 2.31. The molecule has 0 bridgehead atoms. The van der Waals surface area contributed by atoms with Crippen molar-refractivity contribution in [1.82, 2.24) is 4.90 Å². The van der Waals surface area contributed by atoms with Crippen LogP contribution in [-0.4, -0.2) is 24.0 Å². The van der Waals surface area contributed by atoms with Crippen LogP contribution in [0.15, 0.2) is 12.1 Å². The smallest absolute Gasteiger partial charge is 0.0931 e. The van der Waals surface area contributed by atoms with Crippen molar-refractivity contribution in [2.45, 2.75) is 39.3 Å². The van der Waals surface area contributed by atoms with Gasteiger partial charge in [-0.3, -0.25) is 4.90 Å². The van der Waals surface area contributed by atoms with Crippen LogP contribution in [0.25, 0.3) is 0 Å². The summed E-state index contributed by atoms with van der Waals surface area (Å²) in [6.45, 7) is 9.08. The zero-order chi connectivity index (χ0) is 13.3. The van der Waals surface area contributed by atoms with Gasteiger partial charge < -0.3 is 5.73 Å². The van der Waals surface area contributed by atoms with Gasteiger partial charge in [0.05, 0.1) is 10.4 Å². The van der Waals surface area contributed by atoms with Crippen molar-refractivity contribution in [2.75, 3.05) is 13.1 Å². The molecule has 2 rings (SSSR count). The van der Waals surface area contributed by atoms with E-state index in [4.69, 9.17) is 17.3 Å². The number of hydrogen-bond donors (Lipinski definition) is 1. The summed E-state index contributed by atoms with van der Waals surface area (Å²) < 4.78 is 0.856. The van der Waals surface area contributed by atoms with Gasteiger partial charge in [0, 0.05) is 17.5 Å². The highest BCUT2D eigenvalue weighted by Crippen LogP contribution is 2.35. The topological polar surface area (TPSA) is 29.3 Å². The minimum atomic E-state index is 0.139. The lowest BCUT2D eigenvalue weighted by Gasteiger charge is -2.41. The van der Waals surface area contributed by atoms with E-state index in [1.807, 2.05) is 6.07 Å². The van der Waals surface area contributed by atoms with Gasteiger partial charge in [0.2, 0.25) is 0 Å². The Labute approximate surface area is 119 Å². The van der Waals surface area contributed by atoms with Crippen LogP contribution in [0.2, 0.25) is 4.34 Å². The summed E-state index contributed by atoms with van der Waals surface area (Å²) >= 11 is 7.72. The van der Waals surface area contributed by atoms with Gasteiger partial charge in [-0.25, -0.2) is 0 Å². The highest BCUT2D eigenvalue weighted by molar-refractivity contribution is 7.16. The Morgan fingerprint density at radius 1 is 1.39 bits per heavy atom. The van der Waals surface area contributed by atoms with Crippen LogP contribution in [-0.2, 0) is 0 Å². The van der Waals surface area contributed by atoms with Gasteiger partial charge in [-0.05, 0) is 43.9 Å². The van der Waals surface area contributed by atoms with Crippen LogP contribution < -0.4 is 5.73 Å². The lowest BCUT2D eigenvalue weighted by Crippen LogP contribution is -2.45. The Balaban J connectivity index is 2.16. The first-order valence-electron chi connectivity index (χ1n) is 6.74. The molecule has 1 aromatic heterocycles. The number of nitrogens with zero attached hydrogens (tertiary/aromatic N) is 1. The molecule has 4 atom stereocenters. The molecule has 4 heteroatoms. The fraction of sp³-hybridized carbons (Fsp3) is 0.714. The Morgan fingerprint density at radius 2 is 2.11 bits per heavy atom. The van der Waals surface area contributed by atoms with E-state index in [2.05, 4.69) is 31.7 Å². The fourth-order valence-electron chi connectivity index (χ4n) is 2.81. The summed E-state index contributed by atoms with van der Waals surface area (Å²) in [6, 6.07) is 4.56. The molecule has 0 amide bonds. The molecule has 1 aliphatic heterocycles. The van der Waals surface area contributed by atoms with Crippen molar-refractivity contribution in [3.05, 3.63) is 21.3 Å². The van der Waals surface area contributed by atoms with E-state index < -0.39 is 0 Å². The predicted molar refractivity (Wildman–Crippen MR) is 80.2 cm³/mol. The molecule has 18 heavy (non-hydrogen) atoms. The van der Waals surface area contributed by atoms with Gasteiger partial charge in [0.25, 0.3) is 0 Å². The third kappa shape index (κ3) is 3.08. The quantitative estimate of drug-likeness (QED) is 0.916. The Hall–Kier alpha value is -0.0900. The van der Waals surface area contributed by atoms with E-state index in [9.17, 15) is 0 Å². The number of piperidine rings is 1. The Kier molecular flexibility index (Phi) is 4.70. The van der Waals surface area contributed by atoms with E-state index in [0.717, 1.165) is 29.3 Å². The molecule has 1 saturated heterocycles. The second-order valence-electron chi connectivity index (χ2n) is 5.68. The number of nitrogens with two attached hydrogens (primary N) is 1. The molecule has 1 fully saturated rings. The molecular formula is C14H23ClN2S. The molecule has 4 unspecified atom stereocenters. The van der Waals surface area contributed by atoms with Crippen LogP contribution in [0.4, 0.5) is 0 Å². The van der Waals surface area contributed by atoms with Crippen LogP contribution in [0, 0.1) is 11.8 Å². The summed E-state index contributed by atoms with van der Waals surface area (Å²) in [5.74, 6) is 1.57. The maximum Gasteiger partial charge on any atom is 0.0931 e. The molecule has 102 valence electrons. The second-order valence-corrected chi connectivity index (χ2v) is 7.43. The number of likely N-dealkylation sites (tertiary alicyclic amines) is 1. The van der Waals surface area contributed by atoms with Crippen molar-refractivity contribution >= 4 is 22.9 Å². The van der Waals surface area contributed by atoms with Crippen molar-refractivity contribution in [1.29, 1.82) is 0 Å². The lowest BCUT2D eigenvalue weighted by atomic mass is 9.87. The minimum Gasteiger partial charge on any atom is -0.326 e. The van der Waals surface area contributed by atoms with Gasteiger partial charge in [-0.1, -0.05) is 25.4 Å². The average Bonchev–Trinajstić information content (AvgIpc) is 2.70. The molecule has 2 heterocycles. The molecule has 1 aliphatic rings. The molecule has 0 spiro atoms. The number of hydrogen-bond acceptors (Lipinski definition) is 3. The molecular weight excluding hydrogens is 264 g/mol. The fourth-order valence-corrected chi connectivity index (χ4v) is 4.12.